The van der Waals surface area contributed by atoms with Crippen LogP contribution in [0.4, 0.5) is 5.69 Å². The molecule has 2 aliphatic rings. The molecule has 2 aromatic carbocycles. The maximum absolute atomic E-state index is 12.5. The summed E-state index contributed by atoms with van der Waals surface area (Å²) in [5.74, 6) is 2.47. The van der Waals surface area contributed by atoms with Crippen molar-refractivity contribution in [2.24, 2.45) is 0 Å². The molecule has 2 aromatic rings. The van der Waals surface area contributed by atoms with Gasteiger partial charge in [0, 0.05) is 21.1 Å². The Balaban J connectivity index is 1.51. The van der Waals surface area contributed by atoms with Gasteiger partial charge in [-0.2, -0.15) is 0 Å². The molecule has 4 rings (SSSR count). The van der Waals surface area contributed by atoms with Crippen LogP contribution in [0.2, 0.25) is 0 Å². The Bertz CT molecular complexity index is 802. The van der Waals surface area contributed by atoms with Gasteiger partial charge in [-0.1, -0.05) is 15.9 Å². The molecule has 0 saturated heterocycles. The van der Waals surface area contributed by atoms with Crippen LogP contribution >= 0.6 is 31.9 Å². The topological polar surface area (TPSA) is 66.0 Å². The second-order valence-corrected chi connectivity index (χ2v) is 7.50. The zero-order chi connectivity index (χ0) is 18.1. The molecule has 0 aliphatic carbocycles. The van der Waals surface area contributed by atoms with E-state index in [-0.39, 0.29) is 12.3 Å². The summed E-state index contributed by atoms with van der Waals surface area (Å²) in [4.78, 5) is 12.5. The highest BCUT2D eigenvalue weighted by Crippen LogP contribution is 2.39. The smallest absolute Gasteiger partial charge is 0.228 e. The van der Waals surface area contributed by atoms with E-state index in [0.717, 1.165) is 14.5 Å². The number of hydrogen-bond acceptors (Lipinski definition) is 5. The van der Waals surface area contributed by atoms with Gasteiger partial charge < -0.3 is 24.3 Å². The van der Waals surface area contributed by atoms with Crippen molar-refractivity contribution in [2.75, 3.05) is 31.7 Å². The summed E-state index contributed by atoms with van der Waals surface area (Å²) in [5, 5.41) is 2.90. The third-order valence-electron chi connectivity index (χ3n) is 3.97. The summed E-state index contributed by atoms with van der Waals surface area (Å²) in [5.41, 5.74) is 1.45. The molecule has 1 N–H and O–H groups in total. The first-order chi connectivity index (χ1) is 12.6. The first-order valence-corrected chi connectivity index (χ1v) is 9.66. The number of fused-ring (bicyclic) bond motifs is 2. The summed E-state index contributed by atoms with van der Waals surface area (Å²) < 4.78 is 23.8. The number of nitrogens with one attached hydrogen (secondary N) is 1. The molecular formula is C18H15Br2NO5. The van der Waals surface area contributed by atoms with Gasteiger partial charge in [0.2, 0.25) is 5.91 Å². The largest absolute Gasteiger partial charge is 0.486 e. The number of rotatable bonds is 3. The van der Waals surface area contributed by atoms with Crippen LogP contribution in [0.3, 0.4) is 0 Å². The van der Waals surface area contributed by atoms with Crippen LogP contribution in [0.15, 0.2) is 33.2 Å². The molecule has 0 fully saturated rings. The Morgan fingerprint density at radius 2 is 1.31 bits per heavy atom. The average Bonchev–Trinajstić information content (AvgIpc) is 2.63. The predicted octanol–water partition coefficient (Wildman–Crippen LogP) is 3.94. The lowest BCUT2D eigenvalue weighted by Gasteiger charge is -2.21. The molecular weight excluding hydrogens is 470 g/mol. The van der Waals surface area contributed by atoms with Gasteiger partial charge in [0.1, 0.15) is 26.4 Å². The van der Waals surface area contributed by atoms with Crippen molar-refractivity contribution in [3.05, 3.63) is 38.8 Å². The van der Waals surface area contributed by atoms with Gasteiger partial charge in [-0.25, -0.2) is 0 Å². The summed E-state index contributed by atoms with van der Waals surface area (Å²) in [6.07, 6.45) is 0.193. The van der Waals surface area contributed by atoms with Crippen LogP contribution in [-0.2, 0) is 11.2 Å². The van der Waals surface area contributed by atoms with Crippen LogP contribution in [0, 0.1) is 0 Å². The Kier molecular flexibility index (Phi) is 4.95. The maximum Gasteiger partial charge on any atom is 0.228 e. The lowest BCUT2D eigenvalue weighted by Crippen LogP contribution is -2.18. The van der Waals surface area contributed by atoms with Crippen LogP contribution < -0.4 is 24.3 Å². The number of halogens is 2. The normalized spacial score (nSPS) is 14.7. The monoisotopic (exact) mass is 483 g/mol. The fourth-order valence-electron chi connectivity index (χ4n) is 2.77. The van der Waals surface area contributed by atoms with Gasteiger partial charge in [-0.15, -0.1) is 0 Å². The number of carbonyl (C=O) groups is 1. The molecule has 6 nitrogen and oxygen atoms in total. The van der Waals surface area contributed by atoms with Gasteiger partial charge in [-0.05, 0) is 33.6 Å². The lowest BCUT2D eigenvalue weighted by atomic mass is 10.1. The van der Waals surface area contributed by atoms with Crippen molar-refractivity contribution in [1.82, 2.24) is 0 Å². The van der Waals surface area contributed by atoms with E-state index in [2.05, 4.69) is 37.2 Å². The minimum Gasteiger partial charge on any atom is -0.486 e. The van der Waals surface area contributed by atoms with Crippen molar-refractivity contribution >= 4 is 43.5 Å². The Morgan fingerprint density at radius 3 is 1.92 bits per heavy atom. The van der Waals surface area contributed by atoms with Crippen LogP contribution in [0.25, 0.3) is 0 Å². The quantitative estimate of drug-likeness (QED) is 0.714. The lowest BCUT2D eigenvalue weighted by molar-refractivity contribution is -0.115. The third kappa shape index (κ3) is 3.61. The number of hydrogen-bond donors (Lipinski definition) is 1. The number of anilines is 1. The maximum atomic E-state index is 12.5. The highest BCUT2D eigenvalue weighted by atomic mass is 79.9. The van der Waals surface area contributed by atoms with Gasteiger partial charge in [0.25, 0.3) is 0 Å². The van der Waals surface area contributed by atoms with Crippen molar-refractivity contribution in [1.29, 1.82) is 0 Å². The molecule has 0 spiro atoms. The first-order valence-electron chi connectivity index (χ1n) is 8.07. The van der Waals surface area contributed by atoms with E-state index in [4.69, 9.17) is 18.9 Å². The van der Waals surface area contributed by atoms with E-state index in [1.807, 2.05) is 12.1 Å². The average molecular weight is 485 g/mol. The minimum absolute atomic E-state index is 0.153. The van der Waals surface area contributed by atoms with Crippen molar-refractivity contribution in [3.63, 3.8) is 0 Å². The molecule has 0 aromatic heterocycles. The molecule has 2 heterocycles. The Morgan fingerprint density at radius 1 is 0.808 bits per heavy atom. The summed E-state index contributed by atoms with van der Waals surface area (Å²) in [6.45, 7) is 2.04. The zero-order valence-electron chi connectivity index (χ0n) is 13.6. The number of amides is 1. The van der Waals surface area contributed by atoms with E-state index in [1.165, 1.54) is 0 Å². The van der Waals surface area contributed by atoms with Gasteiger partial charge in [0.05, 0.1) is 12.1 Å². The highest BCUT2D eigenvalue weighted by Gasteiger charge is 2.19. The standard InChI is InChI=1S/C18H15Br2NO5/c19-11-7-15-14(23-1-2-24-15)5-10(11)6-18(22)21-13-9-17-16(8-12(13)20)25-3-4-26-17/h5,7-9H,1-4,6H2,(H,21,22). The molecule has 0 atom stereocenters. The van der Waals surface area contributed by atoms with Crippen LogP contribution in [-0.4, -0.2) is 32.3 Å². The SMILES string of the molecule is O=C(Cc1cc2c(cc1Br)OCCO2)Nc1cc2c(cc1Br)OCCO2. The first kappa shape index (κ1) is 17.5. The van der Waals surface area contributed by atoms with E-state index in [9.17, 15) is 4.79 Å². The van der Waals surface area contributed by atoms with E-state index < -0.39 is 0 Å². The van der Waals surface area contributed by atoms with Crippen LogP contribution in [0.1, 0.15) is 5.56 Å². The highest BCUT2D eigenvalue weighted by molar-refractivity contribution is 9.11. The zero-order valence-corrected chi connectivity index (χ0v) is 16.8. The van der Waals surface area contributed by atoms with Crippen molar-refractivity contribution in [3.8, 4) is 23.0 Å². The van der Waals surface area contributed by atoms with E-state index >= 15 is 0 Å². The molecule has 1 amide bonds. The summed E-state index contributed by atoms with van der Waals surface area (Å²) in [7, 11) is 0. The Labute approximate surface area is 167 Å². The second-order valence-electron chi connectivity index (χ2n) is 5.79. The number of benzene rings is 2. The van der Waals surface area contributed by atoms with Crippen molar-refractivity contribution < 1.29 is 23.7 Å². The predicted molar refractivity (Wildman–Crippen MR) is 103 cm³/mol. The number of carbonyl (C=O) groups excluding carboxylic acids is 1. The Hall–Kier alpha value is -1.93. The molecule has 26 heavy (non-hydrogen) atoms. The van der Waals surface area contributed by atoms with Crippen molar-refractivity contribution in [2.45, 2.75) is 6.42 Å². The molecule has 0 saturated carbocycles. The molecule has 8 heteroatoms. The molecule has 0 bridgehead atoms. The molecule has 2 aliphatic heterocycles. The van der Waals surface area contributed by atoms with E-state index in [0.29, 0.717) is 55.1 Å². The van der Waals surface area contributed by atoms with Gasteiger partial charge in [0.15, 0.2) is 23.0 Å². The molecule has 0 unspecified atom stereocenters. The third-order valence-corrected chi connectivity index (χ3v) is 5.36. The second kappa shape index (κ2) is 7.36. The fraction of sp³-hybridized carbons (Fsp3) is 0.278. The summed E-state index contributed by atoms with van der Waals surface area (Å²) >= 11 is 6.95. The van der Waals surface area contributed by atoms with E-state index in [1.54, 1.807) is 12.1 Å². The van der Waals surface area contributed by atoms with Gasteiger partial charge >= 0.3 is 0 Å². The molecule has 0 radical (unpaired) electrons. The fourth-order valence-corrected chi connectivity index (χ4v) is 3.65. The van der Waals surface area contributed by atoms with Gasteiger partial charge in [-0.3, -0.25) is 4.79 Å². The number of ether oxygens (including phenoxy) is 4. The van der Waals surface area contributed by atoms with Crippen LogP contribution in [0.5, 0.6) is 23.0 Å². The minimum atomic E-state index is -0.153. The summed E-state index contributed by atoms with van der Waals surface area (Å²) in [6, 6.07) is 7.22. The molecule has 136 valence electrons.